The molecule has 0 atom stereocenters. The highest BCUT2D eigenvalue weighted by atomic mass is 19.3. The molecule has 1 saturated heterocycles. The molecule has 1 amide bonds. The fraction of sp³-hybridized carbons (Fsp3) is 0.300. The average Bonchev–Trinajstić information content (AvgIpc) is 3.22. The summed E-state index contributed by atoms with van der Waals surface area (Å²) in [6.07, 6.45) is 1.93. The van der Waals surface area contributed by atoms with Gasteiger partial charge in [0.05, 0.1) is 11.3 Å². The molecule has 0 spiro atoms. The van der Waals surface area contributed by atoms with Crippen molar-refractivity contribution in [2.75, 3.05) is 25.0 Å². The Labute approximate surface area is 161 Å². The van der Waals surface area contributed by atoms with E-state index in [1.54, 1.807) is 41.3 Å². The van der Waals surface area contributed by atoms with Gasteiger partial charge in [0.25, 0.3) is 5.91 Å². The highest BCUT2D eigenvalue weighted by Gasteiger charge is 2.20. The van der Waals surface area contributed by atoms with Gasteiger partial charge >= 0.3 is 12.6 Å². The minimum absolute atomic E-state index is 0.0358. The molecular formula is C20H20F2N2O4. The molecule has 6 nitrogen and oxygen atoms in total. The second-order valence-electron chi connectivity index (χ2n) is 6.24. The normalized spacial score (nSPS) is 13.5. The molecule has 28 heavy (non-hydrogen) atoms. The van der Waals surface area contributed by atoms with Gasteiger partial charge in [-0.2, -0.15) is 8.78 Å². The summed E-state index contributed by atoms with van der Waals surface area (Å²) in [5, 5.41) is 3.04. The van der Waals surface area contributed by atoms with Gasteiger partial charge in [0, 0.05) is 18.8 Å². The van der Waals surface area contributed by atoms with E-state index >= 15 is 0 Å². The van der Waals surface area contributed by atoms with E-state index in [-0.39, 0.29) is 23.8 Å². The second kappa shape index (κ2) is 9.16. The first kappa shape index (κ1) is 19.6. The molecule has 0 saturated carbocycles. The molecule has 1 N–H and O–H groups in total. The van der Waals surface area contributed by atoms with Crippen LogP contribution in [0.25, 0.3) is 0 Å². The summed E-state index contributed by atoms with van der Waals surface area (Å²) in [5.41, 5.74) is 1.32. The van der Waals surface area contributed by atoms with Crippen molar-refractivity contribution < 1.29 is 27.8 Å². The largest absolute Gasteiger partial charge is 0.452 e. The van der Waals surface area contributed by atoms with E-state index < -0.39 is 12.6 Å². The number of esters is 1. The zero-order chi connectivity index (χ0) is 19.9. The van der Waals surface area contributed by atoms with Gasteiger partial charge < -0.3 is 19.7 Å². The minimum Gasteiger partial charge on any atom is -0.452 e. The van der Waals surface area contributed by atoms with Gasteiger partial charge in [-0.25, -0.2) is 4.79 Å². The van der Waals surface area contributed by atoms with Gasteiger partial charge in [0.15, 0.2) is 6.61 Å². The Balaban J connectivity index is 1.63. The maximum Gasteiger partial charge on any atom is 0.387 e. The first-order chi connectivity index (χ1) is 13.5. The van der Waals surface area contributed by atoms with E-state index in [0.717, 1.165) is 12.8 Å². The first-order valence-corrected chi connectivity index (χ1v) is 8.89. The zero-order valence-electron chi connectivity index (χ0n) is 15.1. The number of nitrogens with zero attached hydrogens (tertiary/aromatic N) is 1. The van der Waals surface area contributed by atoms with Crippen LogP contribution in [0.1, 0.15) is 23.2 Å². The van der Waals surface area contributed by atoms with Gasteiger partial charge in [0.1, 0.15) is 5.75 Å². The van der Waals surface area contributed by atoms with Crippen LogP contribution in [-0.2, 0) is 9.53 Å². The molecule has 2 aromatic rings. The molecule has 1 heterocycles. The lowest BCUT2D eigenvalue weighted by molar-refractivity contribution is -0.133. The number of carbonyl (C=O) groups excluding carboxylic acids is 2. The molecule has 0 aromatic heterocycles. The number of anilines is 2. The number of benzene rings is 2. The fourth-order valence-corrected chi connectivity index (χ4v) is 2.91. The summed E-state index contributed by atoms with van der Waals surface area (Å²) in [5.74, 6) is -0.784. The molecular weight excluding hydrogens is 370 g/mol. The Morgan fingerprint density at radius 3 is 2.39 bits per heavy atom. The molecule has 8 heteroatoms. The number of hydrogen-bond acceptors (Lipinski definition) is 5. The van der Waals surface area contributed by atoms with E-state index in [9.17, 15) is 18.4 Å². The van der Waals surface area contributed by atoms with Crippen LogP contribution >= 0.6 is 0 Å². The molecule has 148 valence electrons. The van der Waals surface area contributed by atoms with Crippen LogP contribution in [0, 0.1) is 0 Å². The van der Waals surface area contributed by atoms with Crippen LogP contribution in [0.5, 0.6) is 5.75 Å². The Kier molecular flexibility index (Phi) is 6.41. The Hall–Kier alpha value is -3.16. The van der Waals surface area contributed by atoms with Crippen molar-refractivity contribution >= 4 is 23.3 Å². The fourth-order valence-electron chi connectivity index (χ4n) is 2.91. The predicted octanol–water partition coefficient (Wildman–Crippen LogP) is 3.81. The molecule has 3 rings (SSSR count). The molecule has 2 aromatic carbocycles. The number of alkyl halides is 2. The first-order valence-electron chi connectivity index (χ1n) is 8.89. The van der Waals surface area contributed by atoms with Crippen molar-refractivity contribution in [3.8, 4) is 5.75 Å². The highest BCUT2D eigenvalue weighted by molar-refractivity contribution is 5.97. The number of amides is 1. The number of nitrogens with one attached hydrogen (secondary N) is 1. The summed E-state index contributed by atoms with van der Waals surface area (Å²) < 4.78 is 33.9. The van der Waals surface area contributed by atoms with Crippen LogP contribution in [-0.4, -0.2) is 43.1 Å². The van der Waals surface area contributed by atoms with Crippen molar-refractivity contribution in [1.82, 2.24) is 4.90 Å². The molecule has 1 aliphatic rings. The number of para-hydroxylation sites is 1. The summed E-state index contributed by atoms with van der Waals surface area (Å²) in [7, 11) is 0. The lowest BCUT2D eigenvalue weighted by Gasteiger charge is -2.16. The van der Waals surface area contributed by atoms with E-state index in [1.807, 2.05) is 0 Å². The highest BCUT2D eigenvalue weighted by Crippen LogP contribution is 2.24. The van der Waals surface area contributed by atoms with Crippen LogP contribution < -0.4 is 10.1 Å². The third-order valence-corrected chi connectivity index (χ3v) is 4.29. The van der Waals surface area contributed by atoms with E-state index in [1.165, 1.54) is 12.1 Å². The molecule has 0 aliphatic carbocycles. The van der Waals surface area contributed by atoms with Gasteiger partial charge in [-0.1, -0.05) is 12.1 Å². The van der Waals surface area contributed by atoms with E-state index in [4.69, 9.17) is 4.74 Å². The zero-order valence-corrected chi connectivity index (χ0v) is 15.1. The number of rotatable bonds is 7. The van der Waals surface area contributed by atoms with Gasteiger partial charge in [-0.3, -0.25) is 4.79 Å². The SMILES string of the molecule is O=C(OCC(=O)N1CCCC1)c1ccccc1Nc1ccc(OC(F)F)cc1. The van der Waals surface area contributed by atoms with Gasteiger partial charge in [-0.15, -0.1) is 0 Å². The summed E-state index contributed by atoms with van der Waals surface area (Å²) in [6.45, 7) is -1.80. The Bertz CT molecular complexity index is 821. The summed E-state index contributed by atoms with van der Waals surface area (Å²) >= 11 is 0. The van der Waals surface area contributed by atoms with Crippen molar-refractivity contribution in [2.45, 2.75) is 19.5 Å². The van der Waals surface area contributed by atoms with Crippen molar-refractivity contribution in [1.29, 1.82) is 0 Å². The molecule has 0 bridgehead atoms. The van der Waals surface area contributed by atoms with Gasteiger partial charge in [0.2, 0.25) is 0 Å². The molecule has 1 aliphatic heterocycles. The molecule has 0 unspecified atom stereocenters. The lowest BCUT2D eigenvalue weighted by Crippen LogP contribution is -2.32. The molecule has 0 radical (unpaired) electrons. The van der Waals surface area contributed by atoms with Crippen molar-refractivity contribution in [3.63, 3.8) is 0 Å². The molecule has 1 fully saturated rings. The van der Waals surface area contributed by atoms with Crippen LogP contribution in [0.15, 0.2) is 48.5 Å². The third kappa shape index (κ3) is 5.18. The van der Waals surface area contributed by atoms with E-state index in [0.29, 0.717) is 24.5 Å². The number of carbonyl (C=O) groups is 2. The van der Waals surface area contributed by atoms with Crippen molar-refractivity contribution in [3.05, 3.63) is 54.1 Å². The number of ether oxygens (including phenoxy) is 2. The predicted molar refractivity (Wildman–Crippen MR) is 98.9 cm³/mol. The lowest BCUT2D eigenvalue weighted by atomic mass is 10.1. The average molecular weight is 390 g/mol. The standard InChI is InChI=1S/C20H20F2N2O4/c21-20(22)28-15-9-7-14(8-10-15)23-17-6-2-1-5-16(17)19(26)27-13-18(25)24-11-3-4-12-24/h1-2,5-10,20,23H,3-4,11-13H2. The topological polar surface area (TPSA) is 67.9 Å². The van der Waals surface area contributed by atoms with Crippen molar-refractivity contribution in [2.24, 2.45) is 0 Å². The van der Waals surface area contributed by atoms with E-state index in [2.05, 4.69) is 10.1 Å². The smallest absolute Gasteiger partial charge is 0.387 e. The van der Waals surface area contributed by atoms with Gasteiger partial charge in [-0.05, 0) is 49.2 Å². The Morgan fingerprint density at radius 2 is 1.71 bits per heavy atom. The maximum absolute atomic E-state index is 12.4. The number of hydrogen-bond donors (Lipinski definition) is 1. The maximum atomic E-state index is 12.4. The number of halogens is 2. The summed E-state index contributed by atoms with van der Waals surface area (Å²) in [6, 6.07) is 12.6. The second-order valence-corrected chi connectivity index (χ2v) is 6.24. The monoisotopic (exact) mass is 390 g/mol. The quantitative estimate of drug-likeness (QED) is 0.728. The summed E-state index contributed by atoms with van der Waals surface area (Å²) in [4.78, 5) is 26.1. The minimum atomic E-state index is -2.89. The van der Waals surface area contributed by atoms with Crippen LogP contribution in [0.2, 0.25) is 0 Å². The van der Waals surface area contributed by atoms with Crippen LogP contribution in [0.3, 0.4) is 0 Å². The number of likely N-dealkylation sites (tertiary alicyclic amines) is 1. The Morgan fingerprint density at radius 1 is 1.04 bits per heavy atom. The third-order valence-electron chi connectivity index (χ3n) is 4.29. The van der Waals surface area contributed by atoms with Crippen LogP contribution in [0.4, 0.5) is 20.2 Å².